The minimum absolute atomic E-state index is 0.0347. The van der Waals surface area contributed by atoms with E-state index < -0.39 is 24.4 Å². The fourth-order valence-corrected chi connectivity index (χ4v) is 1.40. The van der Waals surface area contributed by atoms with Gasteiger partial charge in [0.1, 0.15) is 12.7 Å². The lowest BCUT2D eigenvalue weighted by molar-refractivity contribution is -0.171. The highest BCUT2D eigenvalue weighted by Gasteiger charge is 2.27. The van der Waals surface area contributed by atoms with Gasteiger partial charge in [-0.2, -0.15) is 0 Å². The van der Waals surface area contributed by atoms with Gasteiger partial charge < -0.3 is 14.2 Å². The summed E-state index contributed by atoms with van der Waals surface area (Å²) in [6, 6.07) is -0.490. The van der Waals surface area contributed by atoms with Crippen molar-refractivity contribution in [2.24, 2.45) is 5.11 Å². The Labute approximate surface area is 99.0 Å². The Morgan fingerprint density at radius 3 is 2.94 bits per heavy atom. The molecule has 0 amide bonds. The first-order chi connectivity index (χ1) is 8.17. The molecule has 17 heavy (non-hydrogen) atoms. The van der Waals surface area contributed by atoms with Gasteiger partial charge in [-0.05, 0) is 18.5 Å². The van der Waals surface area contributed by atoms with E-state index in [1.165, 1.54) is 6.92 Å². The second-order valence-corrected chi connectivity index (χ2v) is 3.38. The Hall–Kier alpha value is -1.56. The molecule has 0 saturated carbocycles. The number of hydrogen-bond acceptors (Lipinski definition) is 5. The zero-order chi connectivity index (χ0) is 12.7. The first-order valence-electron chi connectivity index (χ1n) is 5.30. The molecule has 0 saturated heterocycles. The summed E-state index contributed by atoms with van der Waals surface area (Å²) < 4.78 is 15.6. The molecule has 0 N–H and O–H groups in total. The van der Waals surface area contributed by atoms with Gasteiger partial charge in [0.05, 0.1) is 6.04 Å². The summed E-state index contributed by atoms with van der Waals surface area (Å²) in [5, 5.41) is 3.56. The van der Waals surface area contributed by atoms with Gasteiger partial charge in [0, 0.05) is 18.4 Å². The van der Waals surface area contributed by atoms with Crippen molar-refractivity contribution in [3.05, 3.63) is 22.6 Å². The highest BCUT2D eigenvalue weighted by molar-refractivity contribution is 5.65. The smallest absolute Gasteiger partial charge is 0.302 e. The molecule has 0 bridgehead atoms. The highest BCUT2D eigenvalue weighted by Crippen LogP contribution is 2.17. The first kappa shape index (κ1) is 13.5. The van der Waals surface area contributed by atoms with Crippen LogP contribution in [0, 0.1) is 0 Å². The second-order valence-electron chi connectivity index (χ2n) is 3.38. The Balaban J connectivity index is 2.64. The van der Waals surface area contributed by atoms with E-state index in [-0.39, 0.29) is 6.61 Å². The van der Waals surface area contributed by atoms with Crippen molar-refractivity contribution in [1.29, 1.82) is 0 Å². The van der Waals surface area contributed by atoms with Crippen LogP contribution in [0.25, 0.3) is 10.4 Å². The van der Waals surface area contributed by atoms with Gasteiger partial charge >= 0.3 is 5.97 Å². The average molecular weight is 241 g/mol. The first-order valence-corrected chi connectivity index (χ1v) is 5.30. The highest BCUT2D eigenvalue weighted by atomic mass is 16.7. The largest absolute Gasteiger partial charge is 0.463 e. The molecule has 7 nitrogen and oxygen atoms in total. The van der Waals surface area contributed by atoms with E-state index >= 15 is 0 Å². The van der Waals surface area contributed by atoms with Crippen LogP contribution in [0.3, 0.4) is 0 Å². The molecule has 0 fully saturated rings. The number of ether oxygens (including phenoxy) is 3. The quantitative estimate of drug-likeness (QED) is 0.240. The molecule has 0 aliphatic carbocycles. The van der Waals surface area contributed by atoms with E-state index in [1.54, 1.807) is 12.2 Å². The summed E-state index contributed by atoms with van der Waals surface area (Å²) in [5.74, 6) is -0.407. The number of rotatable bonds is 5. The van der Waals surface area contributed by atoms with Crippen LogP contribution in [0.1, 0.15) is 13.8 Å². The summed E-state index contributed by atoms with van der Waals surface area (Å²) in [4.78, 5) is 13.4. The van der Waals surface area contributed by atoms with Gasteiger partial charge in [-0.25, -0.2) is 0 Å². The number of carbonyl (C=O) groups is 1. The molecule has 2 unspecified atom stereocenters. The summed E-state index contributed by atoms with van der Waals surface area (Å²) in [6.45, 7) is 3.69. The van der Waals surface area contributed by atoms with Crippen molar-refractivity contribution in [1.82, 2.24) is 0 Å². The molecule has 1 rings (SSSR count). The molecule has 3 atom stereocenters. The third kappa shape index (κ3) is 4.44. The van der Waals surface area contributed by atoms with Gasteiger partial charge in [-0.15, -0.1) is 0 Å². The maximum Gasteiger partial charge on any atom is 0.302 e. The van der Waals surface area contributed by atoms with Crippen molar-refractivity contribution in [2.45, 2.75) is 32.3 Å². The predicted molar refractivity (Wildman–Crippen MR) is 59.0 cm³/mol. The summed E-state index contributed by atoms with van der Waals surface area (Å²) in [6.07, 6.45) is 2.35. The molecule has 0 aromatic carbocycles. The second kappa shape index (κ2) is 6.90. The number of nitrogens with zero attached hydrogens (tertiary/aromatic N) is 3. The molecule has 1 aliphatic heterocycles. The molecular weight excluding hydrogens is 226 g/mol. The normalized spacial score (nSPS) is 27.3. The summed E-state index contributed by atoms with van der Waals surface area (Å²) >= 11 is 0. The topological polar surface area (TPSA) is 93.5 Å². The third-order valence-corrected chi connectivity index (χ3v) is 2.12. The van der Waals surface area contributed by atoms with Crippen LogP contribution in [0.15, 0.2) is 17.3 Å². The number of hydrogen-bond donors (Lipinski definition) is 0. The summed E-state index contributed by atoms with van der Waals surface area (Å²) in [5.41, 5.74) is 8.41. The maximum absolute atomic E-state index is 10.7. The van der Waals surface area contributed by atoms with Crippen LogP contribution in [0.2, 0.25) is 0 Å². The number of esters is 1. The number of carbonyl (C=O) groups excluding carboxylic acids is 1. The lowest BCUT2D eigenvalue weighted by atomic mass is 10.1. The van der Waals surface area contributed by atoms with E-state index in [0.29, 0.717) is 6.61 Å². The zero-order valence-electron chi connectivity index (χ0n) is 9.78. The lowest BCUT2D eigenvalue weighted by Crippen LogP contribution is -2.38. The lowest BCUT2D eigenvalue weighted by Gasteiger charge is -2.29. The van der Waals surface area contributed by atoms with Crippen molar-refractivity contribution in [3.8, 4) is 0 Å². The zero-order valence-corrected chi connectivity index (χ0v) is 9.78. The minimum atomic E-state index is -0.517. The fraction of sp³-hybridized carbons (Fsp3) is 0.700. The molecular formula is C10H15N3O4. The molecule has 0 spiro atoms. The van der Waals surface area contributed by atoms with E-state index in [9.17, 15) is 4.79 Å². The molecule has 0 radical (unpaired) electrons. The van der Waals surface area contributed by atoms with Crippen molar-refractivity contribution < 1.29 is 19.0 Å². The van der Waals surface area contributed by atoms with Crippen LogP contribution in [0.5, 0.6) is 0 Å². The maximum atomic E-state index is 10.7. The number of azide groups is 1. The Kier molecular flexibility index (Phi) is 5.48. The monoisotopic (exact) mass is 241 g/mol. The Morgan fingerprint density at radius 2 is 2.35 bits per heavy atom. The van der Waals surface area contributed by atoms with Crippen LogP contribution in [-0.4, -0.2) is 37.6 Å². The molecule has 0 aromatic rings. The third-order valence-electron chi connectivity index (χ3n) is 2.12. The van der Waals surface area contributed by atoms with Crippen molar-refractivity contribution >= 4 is 5.97 Å². The van der Waals surface area contributed by atoms with Gasteiger partial charge in [0.15, 0.2) is 6.29 Å². The van der Waals surface area contributed by atoms with Gasteiger partial charge in [0.25, 0.3) is 0 Å². The van der Waals surface area contributed by atoms with Gasteiger partial charge in [0.2, 0.25) is 0 Å². The summed E-state index contributed by atoms with van der Waals surface area (Å²) in [7, 11) is 0. The Morgan fingerprint density at radius 1 is 1.59 bits per heavy atom. The average Bonchev–Trinajstić information content (AvgIpc) is 2.29. The van der Waals surface area contributed by atoms with E-state index in [1.807, 2.05) is 6.92 Å². The molecule has 94 valence electrons. The van der Waals surface area contributed by atoms with Crippen LogP contribution < -0.4 is 0 Å². The van der Waals surface area contributed by atoms with Crippen LogP contribution in [-0.2, 0) is 19.0 Å². The van der Waals surface area contributed by atoms with Crippen LogP contribution in [0.4, 0.5) is 0 Å². The van der Waals surface area contributed by atoms with E-state index in [2.05, 4.69) is 10.0 Å². The molecule has 1 aliphatic rings. The minimum Gasteiger partial charge on any atom is -0.463 e. The standard InChI is InChI=1S/C10H15N3O4/c1-3-15-10-5-4-8(12-13-11)9(17-10)6-16-7(2)14/h4-5,8-10H,3,6H2,1-2H3/t8?,9-,10?/m1/s1. The fourth-order valence-electron chi connectivity index (χ4n) is 1.40. The van der Waals surface area contributed by atoms with Crippen molar-refractivity contribution in [2.75, 3.05) is 13.2 Å². The SMILES string of the molecule is CCOC1C=CC(N=[N+]=[N-])[C@@H](COC(C)=O)O1. The van der Waals surface area contributed by atoms with Gasteiger partial charge in [-0.1, -0.05) is 11.2 Å². The van der Waals surface area contributed by atoms with Crippen LogP contribution >= 0.6 is 0 Å². The molecule has 0 aromatic heterocycles. The van der Waals surface area contributed by atoms with E-state index in [0.717, 1.165) is 0 Å². The van der Waals surface area contributed by atoms with E-state index in [4.69, 9.17) is 19.7 Å². The predicted octanol–water partition coefficient (Wildman–Crippen LogP) is 1.55. The molecule has 7 heteroatoms. The molecule has 1 heterocycles. The van der Waals surface area contributed by atoms with Crippen molar-refractivity contribution in [3.63, 3.8) is 0 Å². The Bertz CT molecular complexity index is 338. The van der Waals surface area contributed by atoms with Gasteiger partial charge in [-0.3, -0.25) is 4.79 Å².